The van der Waals surface area contributed by atoms with Crippen LogP contribution in [-0.2, 0) is 11.8 Å². The number of carbonyl (C=O) groups is 1. The Morgan fingerprint density at radius 1 is 1.22 bits per heavy atom. The van der Waals surface area contributed by atoms with Gasteiger partial charge in [-0.25, -0.2) is 13.9 Å². The molecule has 6 rings (SSSR count). The molecule has 2 aliphatic rings. The summed E-state index contributed by atoms with van der Waals surface area (Å²) in [5, 5.41) is 6.79. The van der Waals surface area contributed by atoms with E-state index >= 15 is 0 Å². The number of benzene rings is 1. The molecule has 4 heterocycles. The summed E-state index contributed by atoms with van der Waals surface area (Å²) in [6.07, 6.45) is 2.94. The smallest absolute Gasteiger partial charge is 0.273 e. The lowest BCUT2D eigenvalue weighted by atomic mass is 10.00. The lowest BCUT2D eigenvalue weighted by Crippen LogP contribution is -2.38. The van der Waals surface area contributed by atoms with Crippen LogP contribution >= 0.6 is 11.3 Å². The molecule has 1 fully saturated rings. The topological polar surface area (TPSA) is 50.5 Å². The first kappa shape index (κ1) is 19.6. The Labute approximate surface area is 189 Å². The Kier molecular flexibility index (Phi) is 4.27. The van der Waals surface area contributed by atoms with Crippen LogP contribution in [0.5, 0.6) is 0 Å². The maximum absolute atomic E-state index is 14.4. The third-order valence-corrected chi connectivity index (χ3v) is 7.95. The quantitative estimate of drug-likeness (QED) is 0.423. The summed E-state index contributed by atoms with van der Waals surface area (Å²) in [6, 6.07) is 12.4. The summed E-state index contributed by atoms with van der Waals surface area (Å²) < 4.78 is 16.2. The van der Waals surface area contributed by atoms with E-state index < -0.39 is 0 Å². The molecule has 1 saturated carbocycles. The standard InChI is InChI=1S/C25H23FN4OS/c1-15-16-8-12-32-21(16)7-11-29(15)24(31)20-13-22(25(2)9-10-25)30-23(27-20)14-19(28-30)17-5-3-4-6-18(17)26/h3-6,8,12-15H,7,9-11H2,1-2H3. The zero-order chi connectivity index (χ0) is 22.0. The van der Waals surface area contributed by atoms with Gasteiger partial charge in [-0.1, -0.05) is 19.1 Å². The summed E-state index contributed by atoms with van der Waals surface area (Å²) >= 11 is 1.76. The molecule has 1 unspecified atom stereocenters. The zero-order valence-corrected chi connectivity index (χ0v) is 18.8. The van der Waals surface area contributed by atoms with E-state index in [1.54, 1.807) is 40.1 Å². The molecule has 0 N–H and O–H groups in total. The zero-order valence-electron chi connectivity index (χ0n) is 18.0. The van der Waals surface area contributed by atoms with Crippen molar-refractivity contribution in [2.45, 2.75) is 44.6 Å². The molecule has 3 aromatic heterocycles. The van der Waals surface area contributed by atoms with Crippen LogP contribution in [0.2, 0.25) is 0 Å². The highest BCUT2D eigenvalue weighted by atomic mass is 32.1. The molecule has 0 radical (unpaired) electrons. The second-order valence-electron chi connectivity index (χ2n) is 9.09. The Bertz CT molecular complexity index is 1370. The molecule has 1 atom stereocenters. The maximum atomic E-state index is 14.4. The summed E-state index contributed by atoms with van der Waals surface area (Å²) in [5.41, 5.74) is 4.14. The van der Waals surface area contributed by atoms with E-state index in [1.807, 2.05) is 11.0 Å². The first-order chi connectivity index (χ1) is 15.4. The Balaban J connectivity index is 1.45. The van der Waals surface area contributed by atoms with Crippen LogP contribution in [0.25, 0.3) is 16.9 Å². The minimum absolute atomic E-state index is 0.0226. The van der Waals surface area contributed by atoms with Crippen molar-refractivity contribution < 1.29 is 9.18 Å². The van der Waals surface area contributed by atoms with Crippen LogP contribution in [0.3, 0.4) is 0 Å². The van der Waals surface area contributed by atoms with Crippen molar-refractivity contribution in [2.24, 2.45) is 0 Å². The molecule has 4 aromatic rings. The molecule has 7 heteroatoms. The summed E-state index contributed by atoms with van der Waals surface area (Å²) in [4.78, 5) is 21.6. The largest absolute Gasteiger partial charge is 0.330 e. The molecule has 1 aliphatic heterocycles. The number of hydrogen-bond acceptors (Lipinski definition) is 4. The highest BCUT2D eigenvalue weighted by Crippen LogP contribution is 2.48. The summed E-state index contributed by atoms with van der Waals surface area (Å²) in [6.45, 7) is 4.95. The Hall–Kier alpha value is -3.06. The van der Waals surface area contributed by atoms with Crippen molar-refractivity contribution in [3.8, 4) is 11.3 Å². The second kappa shape index (κ2) is 6.97. The van der Waals surface area contributed by atoms with Crippen molar-refractivity contribution in [3.63, 3.8) is 0 Å². The van der Waals surface area contributed by atoms with Gasteiger partial charge in [-0.15, -0.1) is 11.3 Å². The van der Waals surface area contributed by atoms with Crippen molar-refractivity contribution in [3.05, 3.63) is 75.5 Å². The van der Waals surface area contributed by atoms with Crippen LogP contribution in [0.4, 0.5) is 4.39 Å². The van der Waals surface area contributed by atoms with Gasteiger partial charge in [0.2, 0.25) is 0 Å². The fourth-order valence-corrected chi connectivity index (χ4v) is 5.65. The van der Waals surface area contributed by atoms with E-state index in [-0.39, 0.29) is 23.2 Å². The van der Waals surface area contributed by atoms with Gasteiger partial charge in [-0.3, -0.25) is 4.79 Å². The molecule has 0 saturated heterocycles. The maximum Gasteiger partial charge on any atom is 0.273 e. The predicted octanol–water partition coefficient (Wildman–Crippen LogP) is 5.41. The number of thiophene rings is 1. The highest BCUT2D eigenvalue weighted by molar-refractivity contribution is 7.10. The van der Waals surface area contributed by atoms with Crippen molar-refractivity contribution >= 4 is 22.9 Å². The number of rotatable bonds is 3. The molecular weight excluding hydrogens is 423 g/mol. The first-order valence-corrected chi connectivity index (χ1v) is 11.9. The molecule has 1 aromatic carbocycles. The lowest BCUT2D eigenvalue weighted by molar-refractivity contribution is 0.0673. The Morgan fingerprint density at radius 2 is 2.03 bits per heavy atom. The molecule has 1 aliphatic carbocycles. The van der Waals surface area contributed by atoms with Gasteiger partial charge >= 0.3 is 0 Å². The van der Waals surface area contributed by atoms with Crippen molar-refractivity contribution in [2.75, 3.05) is 6.54 Å². The predicted molar refractivity (Wildman–Crippen MR) is 122 cm³/mol. The van der Waals surface area contributed by atoms with E-state index in [4.69, 9.17) is 10.1 Å². The third-order valence-electron chi connectivity index (χ3n) is 6.95. The number of halogens is 1. The van der Waals surface area contributed by atoms with Crippen LogP contribution in [0.1, 0.15) is 59.4 Å². The van der Waals surface area contributed by atoms with E-state index in [1.165, 1.54) is 16.5 Å². The van der Waals surface area contributed by atoms with Crippen molar-refractivity contribution in [1.29, 1.82) is 0 Å². The number of nitrogens with zero attached hydrogens (tertiary/aromatic N) is 4. The van der Waals surface area contributed by atoms with Gasteiger partial charge in [0, 0.05) is 28.5 Å². The van der Waals surface area contributed by atoms with E-state index in [0.717, 1.165) is 25.0 Å². The van der Waals surface area contributed by atoms with Gasteiger partial charge in [0.25, 0.3) is 5.91 Å². The fraction of sp³-hybridized carbons (Fsp3) is 0.320. The molecule has 0 bridgehead atoms. The second-order valence-corrected chi connectivity index (χ2v) is 10.1. The van der Waals surface area contributed by atoms with Gasteiger partial charge in [0.05, 0.1) is 17.4 Å². The van der Waals surface area contributed by atoms with Gasteiger partial charge in [0.1, 0.15) is 11.5 Å². The van der Waals surface area contributed by atoms with E-state index in [9.17, 15) is 9.18 Å². The molecule has 162 valence electrons. The van der Waals surface area contributed by atoms with Crippen LogP contribution < -0.4 is 0 Å². The summed E-state index contributed by atoms with van der Waals surface area (Å²) in [5.74, 6) is -0.379. The lowest BCUT2D eigenvalue weighted by Gasteiger charge is -2.33. The van der Waals surface area contributed by atoms with Gasteiger partial charge in [-0.2, -0.15) is 5.10 Å². The number of carbonyl (C=O) groups excluding carboxylic acids is 1. The van der Waals surface area contributed by atoms with Crippen LogP contribution in [0, 0.1) is 5.82 Å². The minimum Gasteiger partial charge on any atom is -0.330 e. The highest BCUT2D eigenvalue weighted by Gasteiger charge is 2.42. The normalized spacial score (nSPS) is 19.2. The fourth-order valence-electron chi connectivity index (χ4n) is 4.69. The summed E-state index contributed by atoms with van der Waals surface area (Å²) in [7, 11) is 0. The van der Waals surface area contributed by atoms with Crippen LogP contribution in [-0.4, -0.2) is 31.9 Å². The van der Waals surface area contributed by atoms with Crippen LogP contribution in [0.15, 0.2) is 47.8 Å². The molecule has 32 heavy (non-hydrogen) atoms. The Morgan fingerprint density at radius 3 is 2.81 bits per heavy atom. The van der Waals surface area contributed by atoms with Gasteiger partial charge < -0.3 is 4.90 Å². The third kappa shape index (κ3) is 2.98. The molecular formula is C25H23FN4OS. The van der Waals surface area contributed by atoms with Crippen molar-refractivity contribution in [1.82, 2.24) is 19.5 Å². The van der Waals surface area contributed by atoms with E-state index in [0.29, 0.717) is 29.1 Å². The number of aromatic nitrogens is 3. The average Bonchev–Trinajstić information content (AvgIpc) is 3.19. The minimum atomic E-state index is -0.319. The number of fused-ring (bicyclic) bond motifs is 2. The molecule has 1 amide bonds. The van der Waals surface area contributed by atoms with Gasteiger partial charge in [0.15, 0.2) is 5.65 Å². The number of amides is 1. The van der Waals surface area contributed by atoms with Gasteiger partial charge in [-0.05, 0) is 61.4 Å². The molecule has 5 nitrogen and oxygen atoms in total. The van der Waals surface area contributed by atoms with E-state index in [2.05, 4.69) is 25.3 Å². The average molecular weight is 447 g/mol. The first-order valence-electron chi connectivity index (χ1n) is 11.0. The number of hydrogen-bond donors (Lipinski definition) is 0. The SMILES string of the molecule is CC1c2ccsc2CCN1C(=O)c1cc(C2(C)CC2)n2nc(-c3ccccc3F)cc2n1. The monoisotopic (exact) mass is 446 g/mol. The molecule has 0 spiro atoms.